The van der Waals surface area contributed by atoms with Crippen molar-refractivity contribution in [3.8, 4) is 0 Å². The molecule has 10 heteroatoms. The Morgan fingerprint density at radius 1 is 1.13 bits per heavy atom. The lowest BCUT2D eigenvalue weighted by molar-refractivity contribution is 0.0940. The first-order valence-electron chi connectivity index (χ1n) is 12.1. The van der Waals surface area contributed by atoms with Crippen LogP contribution in [0.4, 0.5) is 14.6 Å². The summed E-state index contributed by atoms with van der Waals surface area (Å²) in [6.45, 7) is 2.14. The largest absolute Gasteiger partial charge is 0.386 e. The highest BCUT2D eigenvalue weighted by Crippen LogP contribution is 2.36. The van der Waals surface area contributed by atoms with Crippen molar-refractivity contribution in [3.63, 3.8) is 0 Å². The van der Waals surface area contributed by atoms with E-state index in [1.807, 2.05) is 42.4 Å². The zero-order valence-corrected chi connectivity index (χ0v) is 20.9. The summed E-state index contributed by atoms with van der Waals surface area (Å²) in [5.41, 5.74) is 10.1. The van der Waals surface area contributed by atoms with E-state index in [-0.39, 0.29) is 18.0 Å². The summed E-state index contributed by atoms with van der Waals surface area (Å²) in [6, 6.07) is 14.4. The Morgan fingerprint density at radius 3 is 2.68 bits per heavy atom. The number of fused-ring (bicyclic) bond motifs is 1. The maximum absolute atomic E-state index is 13.6. The van der Waals surface area contributed by atoms with Crippen LogP contribution < -0.4 is 16.4 Å². The summed E-state index contributed by atoms with van der Waals surface area (Å²) in [5.74, 6) is -1.40. The van der Waals surface area contributed by atoms with Crippen LogP contribution in [0.25, 0.3) is 5.57 Å². The van der Waals surface area contributed by atoms with Gasteiger partial charge in [0, 0.05) is 26.0 Å². The lowest BCUT2D eigenvalue weighted by Gasteiger charge is -2.25. The van der Waals surface area contributed by atoms with Gasteiger partial charge in [-0.2, -0.15) is 0 Å². The fraction of sp³-hybridized carbons (Fsp3) is 0.214. The van der Waals surface area contributed by atoms with Gasteiger partial charge in [-0.25, -0.2) is 23.7 Å². The summed E-state index contributed by atoms with van der Waals surface area (Å²) in [7, 11) is 1.97. The van der Waals surface area contributed by atoms with Crippen LogP contribution in [0.5, 0.6) is 0 Å². The molecule has 0 radical (unpaired) electrons. The number of benzene rings is 2. The predicted octanol–water partition coefficient (Wildman–Crippen LogP) is 4.09. The van der Waals surface area contributed by atoms with Crippen molar-refractivity contribution in [2.24, 2.45) is 21.6 Å². The Bertz CT molecular complexity index is 1450. The molecule has 3 atom stereocenters. The molecular weight excluding hydrogens is 488 g/mol. The van der Waals surface area contributed by atoms with Crippen molar-refractivity contribution in [1.82, 2.24) is 15.2 Å². The molecule has 3 unspecified atom stereocenters. The minimum atomic E-state index is -0.960. The molecule has 194 valence electrons. The van der Waals surface area contributed by atoms with Crippen LogP contribution in [0.1, 0.15) is 40.0 Å². The number of aliphatic imine (C=N–C) groups is 2. The smallest absolute Gasteiger partial charge is 0.255 e. The number of pyridine rings is 1. The van der Waals surface area contributed by atoms with Crippen molar-refractivity contribution in [1.29, 1.82) is 0 Å². The highest BCUT2D eigenvalue weighted by atomic mass is 19.2. The quantitative estimate of drug-likeness (QED) is 0.439. The first-order chi connectivity index (χ1) is 18.3. The van der Waals surface area contributed by atoms with Crippen molar-refractivity contribution in [2.75, 3.05) is 12.4 Å². The molecule has 38 heavy (non-hydrogen) atoms. The van der Waals surface area contributed by atoms with Crippen LogP contribution in [0.15, 0.2) is 77.0 Å². The maximum Gasteiger partial charge on any atom is 0.255 e. The molecule has 0 bridgehead atoms. The van der Waals surface area contributed by atoms with Gasteiger partial charge in [-0.15, -0.1) is 0 Å². The molecule has 3 heterocycles. The fourth-order valence-corrected chi connectivity index (χ4v) is 4.65. The van der Waals surface area contributed by atoms with Gasteiger partial charge >= 0.3 is 0 Å². The molecule has 2 aliphatic rings. The third-order valence-electron chi connectivity index (χ3n) is 6.73. The Labute approximate surface area is 219 Å². The average molecular weight is 516 g/mol. The zero-order valence-electron chi connectivity index (χ0n) is 20.9. The van der Waals surface area contributed by atoms with E-state index in [9.17, 15) is 13.6 Å². The number of hydrogen-bond donors (Lipinski definition) is 3. The molecule has 0 aliphatic carbocycles. The van der Waals surface area contributed by atoms with E-state index in [1.54, 1.807) is 25.3 Å². The van der Waals surface area contributed by atoms with E-state index in [4.69, 9.17) is 5.73 Å². The Kier molecular flexibility index (Phi) is 6.87. The van der Waals surface area contributed by atoms with E-state index in [1.165, 1.54) is 12.4 Å². The van der Waals surface area contributed by atoms with Crippen LogP contribution in [0.3, 0.4) is 0 Å². The summed E-state index contributed by atoms with van der Waals surface area (Å²) < 4.78 is 26.9. The third-order valence-corrected chi connectivity index (χ3v) is 6.73. The van der Waals surface area contributed by atoms with E-state index in [0.29, 0.717) is 29.3 Å². The number of hydrogen-bond acceptors (Lipinski definition) is 7. The van der Waals surface area contributed by atoms with Gasteiger partial charge in [-0.05, 0) is 53.5 Å². The second-order valence-corrected chi connectivity index (χ2v) is 9.28. The Hall–Kier alpha value is -4.60. The number of aromatic nitrogens is 1. The number of halogens is 2. The van der Waals surface area contributed by atoms with Gasteiger partial charge in [0.15, 0.2) is 11.6 Å². The lowest BCUT2D eigenvalue weighted by atomic mass is 9.91. The van der Waals surface area contributed by atoms with Crippen molar-refractivity contribution < 1.29 is 13.6 Å². The summed E-state index contributed by atoms with van der Waals surface area (Å²) in [6.07, 6.45) is 5.07. The highest BCUT2D eigenvalue weighted by molar-refractivity contribution is 6.01. The van der Waals surface area contributed by atoms with Gasteiger partial charge in [-0.3, -0.25) is 4.79 Å². The standard InChI is InChI=1S/C28H27F2N7O/c1-16(19-9-10-22(29)23(30)12-19)36-28(38)20-4-3-11-32-26(20)33-13-17-5-7-18(8-6-17)21-14-37(2)27-24(21)25(31)34-15-35-27/h3-12,14-16,24,27H,13H2,1-2H3,(H,32,33)(H,36,38)(H2,31,34,35). The average Bonchev–Trinajstić information content (AvgIpc) is 3.27. The third kappa shape index (κ3) is 4.97. The molecule has 0 fully saturated rings. The zero-order chi connectivity index (χ0) is 26.8. The topological polar surface area (TPSA) is 108 Å². The Morgan fingerprint density at radius 2 is 1.92 bits per heavy atom. The normalized spacial score (nSPS) is 18.9. The summed E-state index contributed by atoms with van der Waals surface area (Å²) in [4.78, 5) is 28.0. The molecule has 2 aliphatic heterocycles. The van der Waals surface area contributed by atoms with E-state index in [2.05, 4.69) is 25.6 Å². The van der Waals surface area contributed by atoms with E-state index in [0.717, 1.165) is 28.8 Å². The lowest BCUT2D eigenvalue weighted by Crippen LogP contribution is -2.38. The number of carbonyl (C=O) groups excluding carboxylic acids is 1. The van der Waals surface area contributed by atoms with Crippen LogP contribution >= 0.6 is 0 Å². The van der Waals surface area contributed by atoms with Crippen LogP contribution in [0, 0.1) is 17.6 Å². The summed E-state index contributed by atoms with van der Waals surface area (Å²) >= 11 is 0. The molecule has 3 aromatic rings. The molecule has 0 spiro atoms. The molecule has 1 amide bonds. The molecular formula is C28H27F2N7O. The number of amides is 1. The van der Waals surface area contributed by atoms with Crippen LogP contribution in [-0.2, 0) is 6.54 Å². The Balaban J connectivity index is 1.25. The molecule has 8 nitrogen and oxygen atoms in total. The molecule has 4 N–H and O–H groups in total. The fourth-order valence-electron chi connectivity index (χ4n) is 4.65. The maximum atomic E-state index is 13.6. The number of nitrogens with two attached hydrogens (primary N) is 1. The molecule has 1 aromatic heterocycles. The van der Waals surface area contributed by atoms with Crippen molar-refractivity contribution in [3.05, 3.63) is 101 Å². The number of nitrogens with one attached hydrogen (secondary N) is 2. The van der Waals surface area contributed by atoms with Gasteiger partial charge in [0.05, 0.1) is 17.5 Å². The molecule has 2 aromatic carbocycles. The minimum absolute atomic E-state index is 0.0811. The number of carbonyl (C=O) groups is 1. The van der Waals surface area contributed by atoms with Crippen molar-refractivity contribution >= 4 is 29.5 Å². The second-order valence-electron chi connectivity index (χ2n) is 9.28. The molecule has 0 saturated heterocycles. The minimum Gasteiger partial charge on any atom is -0.386 e. The van der Waals surface area contributed by atoms with Gasteiger partial charge in [-0.1, -0.05) is 30.3 Å². The SMILES string of the molecule is CC(NC(=O)c1cccnc1NCc1ccc(C2=CN(C)C3N=CN=C(N)C23)cc1)c1ccc(F)c(F)c1. The van der Waals surface area contributed by atoms with Crippen LogP contribution in [0.2, 0.25) is 0 Å². The number of rotatable bonds is 7. The van der Waals surface area contributed by atoms with Crippen LogP contribution in [-0.4, -0.2) is 41.2 Å². The highest BCUT2D eigenvalue weighted by Gasteiger charge is 2.37. The van der Waals surface area contributed by atoms with E-state index >= 15 is 0 Å². The van der Waals surface area contributed by atoms with E-state index < -0.39 is 17.7 Å². The van der Waals surface area contributed by atoms with Gasteiger partial charge < -0.3 is 21.3 Å². The molecule has 0 saturated carbocycles. The number of amidine groups is 1. The van der Waals surface area contributed by atoms with Gasteiger partial charge in [0.25, 0.3) is 5.91 Å². The monoisotopic (exact) mass is 515 g/mol. The number of nitrogens with zero attached hydrogens (tertiary/aromatic N) is 4. The summed E-state index contributed by atoms with van der Waals surface area (Å²) in [5, 5.41) is 6.04. The predicted molar refractivity (Wildman–Crippen MR) is 143 cm³/mol. The second kappa shape index (κ2) is 10.4. The first kappa shape index (κ1) is 25.1. The number of anilines is 1. The van der Waals surface area contributed by atoms with Gasteiger partial charge in [0.1, 0.15) is 24.2 Å². The molecule has 5 rings (SSSR count). The van der Waals surface area contributed by atoms with Crippen molar-refractivity contribution in [2.45, 2.75) is 25.7 Å². The first-order valence-corrected chi connectivity index (χ1v) is 12.1. The van der Waals surface area contributed by atoms with Gasteiger partial charge in [0.2, 0.25) is 0 Å².